The Kier molecular flexibility index (Phi) is 3.45. The summed E-state index contributed by atoms with van der Waals surface area (Å²) < 4.78 is 1.68. The molecule has 1 aromatic rings. The van der Waals surface area contributed by atoms with Crippen LogP contribution in [0, 0.1) is 0 Å². The highest BCUT2D eigenvalue weighted by Gasteiger charge is 2.21. The topological polar surface area (TPSA) is 55.6 Å². The van der Waals surface area contributed by atoms with Gasteiger partial charge in [0.2, 0.25) is 5.95 Å². The van der Waals surface area contributed by atoms with E-state index in [9.17, 15) is 0 Å². The molecule has 0 spiro atoms. The predicted octanol–water partition coefficient (Wildman–Crippen LogP) is 1.30. The number of hydrogen-bond acceptors (Lipinski definition) is 5. The molecule has 5 nitrogen and oxygen atoms in total. The third-order valence-corrected chi connectivity index (χ3v) is 4.10. The maximum Gasteiger partial charge on any atom is 0.242 e. The van der Waals surface area contributed by atoms with Crippen molar-refractivity contribution in [2.45, 2.75) is 37.0 Å². The fourth-order valence-corrected chi connectivity index (χ4v) is 2.72. The number of rotatable bonds is 3. The summed E-state index contributed by atoms with van der Waals surface area (Å²) in [5.41, 5.74) is 0. The molecule has 0 amide bonds. The molecule has 1 fully saturated rings. The van der Waals surface area contributed by atoms with Crippen LogP contribution in [0.2, 0.25) is 0 Å². The fourth-order valence-electron chi connectivity index (χ4n) is 1.98. The van der Waals surface area contributed by atoms with Gasteiger partial charge in [-0.05, 0) is 42.4 Å². The number of tetrazole rings is 1. The van der Waals surface area contributed by atoms with E-state index in [4.69, 9.17) is 0 Å². The smallest absolute Gasteiger partial charge is 0.242 e. The van der Waals surface area contributed by atoms with Crippen molar-refractivity contribution in [3.05, 3.63) is 0 Å². The lowest BCUT2D eigenvalue weighted by Crippen LogP contribution is -2.28. The van der Waals surface area contributed by atoms with E-state index in [2.05, 4.69) is 27.1 Å². The summed E-state index contributed by atoms with van der Waals surface area (Å²) in [7, 11) is 1.86. The monoisotopic (exact) mass is 227 g/mol. The van der Waals surface area contributed by atoms with Gasteiger partial charge in [0.25, 0.3) is 0 Å². The Balaban J connectivity index is 1.85. The average Bonchev–Trinajstić information content (AvgIpc) is 2.66. The van der Waals surface area contributed by atoms with E-state index < -0.39 is 0 Å². The van der Waals surface area contributed by atoms with Crippen LogP contribution in [0.25, 0.3) is 0 Å². The molecule has 1 aliphatic rings. The summed E-state index contributed by atoms with van der Waals surface area (Å²) in [4.78, 5) is 0. The minimum absolute atomic E-state index is 0.540. The molecular formula is C9H17N5S. The molecule has 15 heavy (non-hydrogen) atoms. The van der Waals surface area contributed by atoms with Gasteiger partial charge in [0.15, 0.2) is 0 Å². The Hall–Kier alpha value is -0.780. The van der Waals surface area contributed by atoms with Crippen molar-refractivity contribution in [3.8, 4) is 0 Å². The number of hydrogen-bond donors (Lipinski definition) is 1. The van der Waals surface area contributed by atoms with Gasteiger partial charge >= 0.3 is 0 Å². The van der Waals surface area contributed by atoms with Gasteiger partial charge < -0.3 is 5.32 Å². The second-order valence-corrected chi connectivity index (χ2v) is 5.12. The van der Waals surface area contributed by atoms with Gasteiger partial charge in [0, 0.05) is 18.3 Å². The van der Waals surface area contributed by atoms with Crippen molar-refractivity contribution < 1.29 is 0 Å². The summed E-state index contributed by atoms with van der Waals surface area (Å²) in [5.74, 6) is 0.780. The van der Waals surface area contributed by atoms with Crippen molar-refractivity contribution in [3.63, 3.8) is 0 Å². The van der Waals surface area contributed by atoms with Crippen LogP contribution < -0.4 is 5.32 Å². The third-order valence-electron chi connectivity index (χ3n) is 2.96. The maximum atomic E-state index is 3.93. The minimum atomic E-state index is 0.540. The molecule has 0 bridgehead atoms. The standard InChI is InChI=1S/C9H17N5S/c1-14-9(11-12-13-14)10-7-3-5-8(15-2)6-4-7/h7-8H,3-6H2,1-2H3,(H,10,11,13). The van der Waals surface area contributed by atoms with Crippen LogP contribution in [0.5, 0.6) is 0 Å². The lowest BCUT2D eigenvalue weighted by atomic mass is 9.95. The second kappa shape index (κ2) is 4.83. The van der Waals surface area contributed by atoms with Crippen LogP contribution in [0.3, 0.4) is 0 Å². The van der Waals surface area contributed by atoms with E-state index in [1.54, 1.807) is 4.68 Å². The highest BCUT2D eigenvalue weighted by Crippen LogP contribution is 2.27. The number of thioether (sulfide) groups is 1. The Morgan fingerprint density at radius 2 is 2.07 bits per heavy atom. The number of aryl methyl sites for hydroxylation is 1. The van der Waals surface area contributed by atoms with Crippen LogP contribution in [0.1, 0.15) is 25.7 Å². The first-order valence-corrected chi connectivity index (χ1v) is 6.60. The molecule has 1 aliphatic carbocycles. The number of nitrogens with one attached hydrogen (secondary N) is 1. The normalized spacial score (nSPS) is 26.5. The highest BCUT2D eigenvalue weighted by molar-refractivity contribution is 7.99. The Labute approximate surface area is 94.0 Å². The summed E-state index contributed by atoms with van der Waals surface area (Å²) in [6.07, 6.45) is 7.23. The zero-order valence-electron chi connectivity index (χ0n) is 9.18. The van der Waals surface area contributed by atoms with Crippen molar-refractivity contribution in [2.24, 2.45) is 7.05 Å². The molecule has 1 heterocycles. The zero-order valence-corrected chi connectivity index (χ0v) is 10.00. The molecule has 0 saturated heterocycles. The molecule has 1 N–H and O–H groups in total. The van der Waals surface area contributed by atoms with Gasteiger partial charge in [0.05, 0.1) is 0 Å². The molecule has 2 rings (SSSR count). The van der Waals surface area contributed by atoms with Crippen molar-refractivity contribution >= 4 is 17.7 Å². The van der Waals surface area contributed by atoms with Crippen LogP contribution in [0.15, 0.2) is 0 Å². The molecule has 0 atom stereocenters. The molecule has 0 aliphatic heterocycles. The summed E-state index contributed by atoms with van der Waals surface area (Å²) >= 11 is 1.99. The van der Waals surface area contributed by atoms with Gasteiger partial charge in [-0.15, -0.1) is 0 Å². The molecule has 0 aromatic carbocycles. The average molecular weight is 227 g/mol. The molecule has 0 unspecified atom stereocenters. The summed E-state index contributed by atoms with van der Waals surface area (Å²) in [6, 6.07) is 0.540. The van der Waals surface area contributed by atoms with Crippen LogP contribution in [0.4, 0.5) is 5.95 Å². The molecule has 6 heteroatoms. The van der Waals surface area contributed by atoms with Crippen molar-refractivity contribution in [2.75, 3.05) is 11.6 Å². The van der Waals surface area contributed by atoms with Crippen LogP contribution >= 0.6 is 11.8 Å². The van der Waals surface area contributed by atoms with Crippen LogP contribution in [-0.4, -0.2) is 37.8 Å². The molecule has 1 saturated carbocycles. The summed E-state index contributed by atoms with van der Waals surface area (Å²) in [5, 5.41) is 15.6. The minimum Gasteiger partial charge on any atom is -0.350 e. The third kappa shape index (κ3) is 2.62. The predicted molar refractivity (Wildman–Crippen MR) is 62.0 cm³/mol. The Morgan fingerprint density at radius 1 is 1.33 bits per heavy atom. The van der Waals surface area contributed by atoms with Gasteiger partial charge in [0.1, 0.15) is 0 Å². The first-order chi connectivity index (χ1) is 7.29. The lowest BCUT2D eigenvalue weighted by molar-refractivity contribution is 0.469. The van der Waals surface area contributed by atoms with E-state index in [0.29, 0.717) is 6.04 Å². The number of aromatic nitrogens is 4. The van der Waals surface area contributed by atoms with Crippen LogP contribution in [-0.2, 0) is 7.05 Å². The Morgan fingerprint density at radius 3 is 2.60 bits per heavy atom. The first-order valence-electron chi connectivity index (χ1n) is 5.31. The van der Waals surface area contributed by atoms with Gasteiger partial charge in [-0.3, -0.25) is 0 Å². The maximum absolute atomic E-state index is 3.93. The summed E-state index contributed by atoms with van der Waals surface area (Å²) in [6.45, 7) is 0. The fraction of sp³-hybridized carbons (Fsp3) is 0.889. The quantitative estimate of drug-likeness (QED) is 0.843. The van der Waals surface area contributed by atoms with Gasteiger partial charge in [-0.1, -0.05) is 5.10 Å². The van der Waals surface area contributed by atoms with Gasteiger partial charge in [-0.25, -0.2) is 4.68 Å². The molecule has 84 valence electrons. The molecule has 1 aromatic heterocycles. The number of anilines is 1. The van der Waals surface area contributed by atoms with Crippen molar-refractivity contribution in [1.82, 2.24) is 20.2 Å². The first kappa shape index (κ1) is 10.7. The largest absolute Gasteiger partial charge is 0.350 e. The van der Waals surface area contributed by atoms with E-state index in [0.717, 1.165) is 11.2 Å². The van der Waals surface area contributed by atoms with E-state index in [1.165, 1.54) is 25.7 Å². The zero-order chi connectivity index (χ0) is 10.7. The Bertz CT molecular complexity index is 305. The van der Waals surface area contributed by atoms with E-state index in [-0.39, 0.29) is 0 Å². The SMILES string of the molecule is CSC1CCC(Nc2nnnn2C)CC1. The van der Waals surface area contributed by atoms with E-state index in [1.807, 2.05) is 18.8 Å². The van der Waals surface area contributed by atoms with Gasteiger partial charge in [-0.2, -0.15) is 11.8 Å². The lowest BCUT2D eigenvalue weighted by Gasteiger charge is -2.27. The molecular weight excluding hydrogens is 210 g/mol. The number of nitrogens with zero attached hydrogens (tertiary/aromatic N) is 4. The molecule has 0 radical (unpaired) electrons. The van der Waals surface area contributed by atoms with E-state index >= 15 is 0 Å². The van der Waals surface area contributed by atoms with Crippen molar-refractivity contribution in [1.29, 1.82) is 0 Å². The highest BCUT2D eigenvalue weighted by atomic mass is 32.2. The second-order valence-electron chi connectivity index (χ2n) is 3.98.